The van der Waals surface area contributed by atoms with Crippen LogP contribution in [-0.4, -0.2) is 24.7 Å². The second-order valence-electron chi connectivity index (χ2n) is 5.35. The summed E-state index contributed by atoms with van der Waals surface area (Å²) in [5, 5.41) is 4.07. The number of allylic oxidation sites excluding steroid dienone is 1. The largest absolute Gasteiger partial charge is 0.494 e. The summed E-state index contributed by atoms with van der Waals surface area (Å²) in [6, 6.07) is 2.61. The van der Waals surface area contributed by atoms with Gasteiger partial charge in [-0.2, -0.15) is 0 Å². The molecule has 0 spiro atoms. The summed E-state index contributed by atoms with van der Waals surface area (Å²) in [5.74, 6) is 1.46. The summed E-state index contributed by atoms with van der Waals surface area (Å²) in [7, 11) is 1.63. The number of fused-ring (bicyclic) bond motifs is 1. The lowest BCUT2D eigenvalue weighted by atomic mass is 9.78. The van der Waals surface area contributed by atoms with Crippen molar-refractivity contribution < 1.29 is 4.74 Å². The average Bonchev–Trinajstić information content (AvgIpc) is 2.47. The number of aromatic nitrogens is 1. The zero-order chi connectivity index (χ0) is 13.2. The fourth-order valence-corrected chi connectivity index (χ4v) is 3.32. The van der Waals surface area contributed by atoms with Crippen molar-refractivity contribution >= 4 is 17.2 Å². The molecule has 1 aliphatic heterocycles. The van der Waals surface area contributed by atoms with Crippen molar-refractivity contribution in [1.29, 1.82) is 0 Å². The number of nitrogens with zero attached hydrogens (tertiary/aromatic N) is 1. The first kappa shape index (κ1) is 12.9. The fraction of sp³-hybridized carbons (Fsp3) is 0.533. The minimum absolute atomic E-state index is 0.427. The van der Waals surface area contributed by atoms with Gasteiger partial charge in [0, 0.05) is 12.2 Å². The van der Waals surface area contributed by atoms with E-state index in [1.807, 2.05) is 12.3 Å². The third-order valence-corrected chi connectivity index (χ3v) is 4.52. The van der Waals surface area contributed by atoms with E-state index in [4.69, 9.17) is 16.3 Å². The molecule has 0 amide bonds. The third-order valence-electron chi connectivity index (χ3n) is 4.23. The number of nitrogens with one attached hydrogen (secondary N) is 1. The lowest BCUT2D eigenvalue weighted by Crippen LogP contribution is -2.42. The number of methoxy groups -OCH3 is 1. The first-order valence-electron chi connectivity index (χ1n) is 6.90. The Morgan fingerprint density at radius 2 is 2.37 bits per heavy atom. The highest BCUT2D eigenvalue weighted by Gasteiger charge is 2.28. The Bertz CT molecular complexity index is 501. The van der Waals surface area contributed by atoms with Crippen LogP contribution >= 0.6 is 11.6 Å². The van der Waals surface area contributed by atoms with Crippen molar-refractivity contribution in [3.63, 3.8) is 0 Å². The maximum absolute atomic E-state index is 5.98. The minimum atomic E-state index is 0.427. The van der Waals surface area contributed by atoms with Crippen molar-refractivity contribution in [2.45, 2.75) is 31.7 Å². The molecule has 19 heavy (non-hydrogen) atoms. The Labute approximate surface area is 119 Å². The quantitative estimate of drug-likeness (QED) is 0.843. The van der Waals surface area contributed by atoms with Crippen LogP contribution in [0.1, 0.15) is 31.2 Å². The second kappa shape index (κ2) is 5.51. The number of ether oxygens (including phenoxy) is 1. The van der Waals surface area contributed by atoms with Gasteiger partial charge in [0.25, 0.3) is 0 Å². The van der Waals surface area contributed by atoms with Crippen LogP contribution in [-0.2, 0) is 0 Å². The Kier molecular flexibility index (Phi) is 3.76. The predicted octanol–water partition coefficient (Wildman–Crippen LogP) is 3.29. The maximum atomic E-state index is 5.98. The molecule has 2 atom stereocenters. The SMILES string of the molecule is COc1cc(C2=CC[C@@H]3CCCN[C@@H]3C2)cnc1Cl. The van der Waals surface area contributed by atoms with E-state index in [9.17, 15) is 0 Å². The molecule has 4 heteroatoms. The Morgan fingerprint density at radius 3 is 3.21 bits per heavy atom. The van der Waals surface area contributed by atoms with E-state index in [-0.39, 0.29) is 0 Å². The normalized spacial score (nSPS) is 26.5. The van der Waals surface area contributed by atoms with Crippen molar-refractivity contribution in [3.05, 3.63) is 29.1 Å². The van der Waals surface area contributed by atoms with E-state index in [0.717, 1.165) is 30.9 Å². The van der Waals surface area contributed by atoms with E-state index in [1.165, 1.54) is 18.4 Å². The molecule has 0 aromatic carbocycles. The van der Waals surface area contributed by atoms with E-state index in [2.05, 4.69) is 16.4 Å². The summed E-state index contributed by atoms with van der Waals surface area (Å²) in [5.41, 5.74) is 2.49. The smallest absolute Gasteiger partial charge is 0.171 e. The first-order chi connectivity index (χ1) is 9.28. The van der Waals surface area contributed by atoms with Crippen molar-refractivity contribution in [3.8, 4) is 5.75 Å². The van der Waals surface area contributed by atoms with Gasteiger partial charge in [0.15, 0.2) is 10.9 Å². The van der Waals surface area contributed by atoms with Gasteiger partial charge in [-0.1, -0.05) is 17.7 Å². The van der Waals surface area contributed by atoms with Crippen LogP contribution in [0.4, 0.5) is 0 Å². The number of halogens is 1. The van der Waals surface area contributed by atoms with Crippen LogP contribution in [0, 0.1) is 5.92 Å². The topological polar surface area (TPSA) is 34.1 Å². The minimum Gasteiger partial charge on any atom is -0.494 e. The lowest BCUT2D eigenvalue weighted by molar-refractivity contribution is 0.278. The monoisotopic (exact) mass is 278 g/mol. The van der Waals surface area contributed by atoms with Gasteiger partial charge in [-0.05, 0) is 55.3 Å². The summed E-state index contributed by atoms with van der Waals surface area (Å²) in [6.45, 7) is 1.15. The molecule has 0 radical (unpaired) electrons. The van der Waals surface area contributed by atoms with E-state index >= 15 is 0 Å². The van der Waals surface area contributed by atoms with Gasteiger partial charge in [-0.15, -0.1) is 0 Å². The molecule has 2 aliphatic rings. The van der Waals surface area contributed by atoms with E-state index in [0.29, 0.717) is 16.9 Å². The molecule has 0 saturated carbocycles. The van der Waals surface area contributed by atoms with Gasteiger partial charge >= 0.3 is 0 Å². The standard InChI is InChI=1S/C15H19ClN2O/c1-19-14-8-12(9-18-15(14)16)11-5-4-10-3-2-6-17-13(10)7-11/h5,8-10,13,17H,2-4,6-7H2,1H3/t10-,13+/m0/s1. The van der Waals surface area contributed by atoms with Gasteiger partial charge in [-0.25, -0.2) is 4.98 Å². The Morgan fingerprint density at radius 1 is 1.47 bits per heavy atom. The van der Waals surface area contributed by atoms with Gasteiger partial charge in [0.1, 0.15) is 0 Å². The highest BCUT2D eigenvalue weighted by Crippen LogP contribution is 2.36. The average molecular weight is 279 g/mol. The zero-order valence-corrected chi connectivity index (χ0v) is 11.9. The predicted molar refractivity (Wildman–Crippen MR) is 77.5 cm³/mol. The van der Waals surface area contributed by atoms with Gasteiger partial charge < -0.3 is 10.1 Å². The fourth-order valence-electron chi connectivity index (χ4n) is 3.14. The van der Waals surface area contributed by atoms with Crippen LogP contribution in [0.2, 0.25) is 5.15 Å². The van der Waals surface area contributed by atoms with Crippen LogP contribution in [0.15, 0.2) is 18.3 Å². The molecule has 0 unspecified atom stereocenters. The molecule has 3 rings (SSSR count). The molecular formula is C15H19ClN2O. The molecule has 1 saturated heterocycles. The van der Waals surface area contributed by atoms with Crippen molar-refractivity contribution in [1.82, 2.24) is 10.3 Å². The van der Waals surface area contributed by atoms with Crippen LogP contribution in [0.25, 0.3) is 5.57 Å². The summed E-state index contributed by atoms with van der Waals surface area (Å²) in [4.78, 5) is 4.21. The summed E-state index contributed by atoms with van der Waals surface area (Å²) >= 11 is 5.98. The third kappa shape index (κ3) is 2.63. The van der Waals surface area contributed by atoms with Crippen LogP contribution in [0.5, 0.6) is 5.75 Å². The maximum Gasteiger partial charge on any atom is 0.171 e. The molecule has 1 N–H and O–H groups in total. The lowest BCUT2D eigenvalue weighted by Gasteiger charge is -2.36. The van der Waals surface area contributed by atoms with E-state index < -0.39 is 0 Å². The summed E-state index contributed by atoms with van der Waals surface area (Å²) in [6.07, 6.45) is 9.11. The van der Waals surface area contributed by atoms with Crippen molar-refractivity contribution in [2.24, 2.45) is 5.92 Å². The molecule has 1 aliphatic carbocycles. The van der Waals surface area contributed by atoms with Gasteiger partial charge in [0.2, 0.25) is 0 Å². The number of pyridine rings is 1. The highest BCUT2D eigenvalue weighted by molar-refractivity contribution is 6.30. The molecule has 1 aromatic heterocycles. The molecule has 1 aromatic rings. The second-order valence-corrected chi connectivity index (χ2v) is 5.71. The Balaban J connectivity index is 1.84. The summed E-state index contributed by atoms with van der Waals surface area (Å²) < 4.78 is 5.25. The van der Waals surface area contributed by atoms with Gasteiger partial charge in [-0.3, -0.25) is 0 Å². The molecular weight excluding hydrogens is 260 g/mol. The molecule has 2 heterocycles. The molecule has 1 fully saturated rings. The number of rotatable bonds is 2. The number of hydrogen-bond acceptors (Lipinski definition) is 3. The van der Waals surface area contributed by atoms with Gasteiger partial charge in [0.05, 0.1) is 7.11 Å². The first-order valence-corrected chi connectivity index (χ1v) is 7.28. The van der Waals surface area contributed by atoms with Crippen LogP contribution in [0.3, 0.4) is 0 Å². The number of piperidine rings is 1. The van der Waals surface area contributed by atoms with Crippen molar-refractivity contribution in [2.75, 3.05) is 13.7 Å². The molecule has 102 valence electrons. The van der Waals surface area contributed by atoms with Crippen LogP contribution < -0.4 is 10.1 Å². The molecule has 3 nitrogen and oxygen atoms in total. The zero-order valence-electron chi connectivity index (χ0n) is 11.2. The Hall–Kier alpha value is -1.06. The number of hydrogen-bond donors (Lipinski definition) is 1. The highest BCUT2D eigenvalue weighted by atomic mass is 35.5. The van der Waals surface area contributed by atoms with E-state index in [1.54, 1.807) is 7.11 Å². The molecule has 0 bridgehead atoms.